The van der Waals surface area contributed by atoms with Crippen LogP contribution in [0.2, 0.25) is 5.02 Å². The van der Waals surface area contributed by atoms with Crippen molar-refractivity contribution in [1.82, 2.24) is 9.97 Å². The molecule has 0 fully saturated rings. The molecule has 1 aromatic heterocycles. The Hall–Kier alpha value is -1.88. The van der Waals surface area contributed by atoms with Gasteiger partial charge in [-0.15, -0.1) is 0 Å². The van der Waals surface area contributed by atoms with Gasteiger partial charge in [-0.1, -0.05) is 11.6 Å². The summed E-state index contributed by atoms with van der Waals surface area (Å²) in [5.41, 5.74) is 0.664. The van der Waals surface area contributed by atoms with Crippen molar-refractivity contribution in [3.05, 3.63) is 47.1 Å². The van der Waals surface area contributed by atoms with Crippen LogP contribution in [0.3, 0.4) is 0 Å². The molecule has 0 radical (unpaired) electrons. The van der Waals surface area contributed by atoms with E-state index in [2.05, 4.69) is 15.3 Å². The molecular weight excluding hydrogens is 269 g/mol. The van der Waals surface area contributed by atoms with Gasteiger partial charge in [0.05, 0.1) is 23.1 Å². The van der Waals surface area contributed by atoms with Crippen molar-refractivity contribution >= 4 is 17.4 Å². The third-order valence-corrected chi connectivity index (χ3v) is 2.65. The zero-order valence-corrected chi connectivity index (χ0v) is 11.1. The number of anilines is 1. The molecule has 0 aliphatic heterocycles. The lowest BCUT2D eigenvalue weighted by Crippen LogP contribution is -2.03. The summed E-state index contributed by atoms with van der Waals surface area (Å²) in [4.78, 5) is 8.35. The topological polar surface area (TPSA) is 47.0 Å². The van der Waals surface area contributed by atoms with Gasteiger partial charge >= 0.3 is 0 Å². The van der Waals surface area contributed by atoms with Crippen LogP contribution in [0.4, 0.5) is 10.2 Å². The highest BCUT2D eigenvalue weighted by atomic mass is 35.5. The van der Waals surface area contributed by atoms with Crippen LogP contribution in [0.1, 0.15) is 12.6 Å². The highest BCUT2D eigenvalue weighted by Crippen LogP contribution is 2.20. The van der Waals surface area contributed by atoms with Gasteiger partial charge < -0.3 is 10.1 Å². The van der Waals surface area contributed by atoms with Crippen molar-refractivity contribution in [2.24, 2.45) is 0 Å². The van der Waals surface area contributed by atoms with Crippen molar-refractivity contribution in [1.29, 1.82) is 0 Å². The molecule has 0 aliphatic rings. The Morgan fingerprint density at radius 1 is 1.32 bits per heavy atom. The molecule has 1 aromatic carbocycles. The molecule has 2 aromatic rings. The highest BCUT2D eigenvalue weighted by molar-refractivity contribution is 6.30. The maximum atomic E-state index is 13.2. The fraction of sp³-hybridized carbons (Fsp3) is 0.231. The van der Waals surface area contributed by atoms with Gasteiger partial charge in [0, 0.05) is 12.6 Å². The number of halogens is 2. The first kappa shape index (κ1) is 13.5. The van der Waals surface area contributed by atoms with Crippen molar-refractivity contribution in [3.8, 4) is 5.75 Å². The number of rotatable bonds is 5. The van der Waals surface area contributed by atoms with Crippen LogP contribution < -0.4 is 10.1 Å². The lowest BCUT2D eigenvalue weighted by molar-refractivity contribution is 0.299. The number of aromatic nitrogens is 2. The Labute approximate surface area is 115 Å². The Balaban J connectivity index is 1.96. The van der Waals surface area contributed by atoms with E-state index in [4.69, 9.17) is 16.3 Å². The van der Waals surface area contributed by atoms with E-state index in [1.807, 2.05) is 6.92 Å². The van der Waals surface area contributed by atoms with Crippen molar-refractivity contribution in [3.63, 3.8) is 0 Å². The number of nitrogens with one attached hydrogen (secondary N) is 1. The van der Waals surface area contributed by atoms with Gasteiger partial charge in [0.25, 0.3) is 0 Å². The summed E-state index contributed by atoms with van der Waals surface area (Å²) < 4.78 is 18.6. The predicted molar refractivity (Wildman–Crippen MR) is 71.9 cm³/mol. The van der Waals surface area contributed by atoms with Gasteiger partial charge in [-0.25, -0.2) is 9.37 Å². The first-order valence-electron chi connectivity index (χ1n) is 5.81. The Morgan fingerprint density at radius 3 is 2.79 bits per heavy atom. The Kier molecular flexibility index (Phi) is 4.52. The van der Waals surface area contributed by atoms with E-state index in [0.717, 1.165) is 6.54 Å². The normalized spacial score (nSPS) is 10.3. The molecule has 2 rings (SSSR count). The summed E-state index contributed by atoms with van der Waals surface area (Å²) in [6.45, 7) is 2.99. The number of ether oxygens (including phenoxy) is 1. The lowest BCUT2D eigenvalue weighted by Gasteiger charge is -2.07. The van der Waals surface area contributed by atoms with Crippen LogP contribution >= 0.6 is 11.6 Å². The van der Waals surface area contributed by atoms with Crippen molar-refractivity contribution in [2.75, 3.05) is 11.9 Å². The second-order valence-corrected chi connectivity index (χ2v) is 4.20. The molecule has 0 atom stereocenters. The number of hydrogen-bond donors (Lipinski definition) is 1. The number of nitrogens with zero attached hydrogens (tertiary/aromatic N) is 2. The molecule has 100 valence electrons. The summed E-state index contributed by atoms with van der Waals surface area (Å²) in [5, 5.41) is 3.11. The maximum Gasteiger partial charge on any atom is 0.145 e. The minimum atomic E-state index is -0.507. The highest BCUT2D eigenvalue weighted by Gasteiger charge is 2.03. The molecule has 1 heterocycles. The first-order chi connectivity index (χ1) is 9.19. The number of benzene rings is 1. The van der Waals surface area contributed by atoms with Gasteiger partial charge in [0.1, 0.15) is 24.0 Å². The van der Waals surface area contributed by atoms with Gasteiger partial charge in [0.15, 0.2) is 0 Å². The Bertz CT molecular complexity index is 548. The van der Waals surface area contributed by atoms with E-state index < -0.39 is 5.82 Å². The predicted octanol–water partition coefficient (Wildman–Crippen LogP) is 3.28. The molecule has 0 amide bonds. The van der Waals surface area contributed by atoms with E-state index >= 15 is 0 Å². The van der Waals surface area contributed by atoms with Gasteiger partial charge in [-0.2, -0.15) is 0 Å². The van der Waals surface area contributed by atoms with Crippen LogP contribution in [0, 0.1) is 5.82 Å². The average molecular weight is 282 g/mol. The van der Waals surface area contributed by atoms with Gasteiger partial charge in [-0.05, 0) is 19.1 Å². The van der Waals surface area contributed by atoms with Crippen LogP contribution in [0.15, 0.2) is 30.6 Å². The Morgan fingerprint density at radius 2 is 2.16 bits per heavy atom. The zero-order chi connectivity index (χ0) is 13.7. The lowest BCUT2D eigenvalue weighted by atomic mass is 10.3. The molecule has 0 saturated carbocycles. The molecule has 0 bridgehead atoms. The second-order valence-electron chi connectivity index (χ2n) is 3.79. The number of hydrogen-bond acceptors (Lipinski definition) is 4. The molecule has 19 heavy (non-hydrogen) atoms. The summed E-state index contributed by atoms with van der Waals surface area (Å²) in [6, 6.07) is 4.29. The SMILES string of the molecule is CCNc1cnc(COc2ccc(Cl)c(F)c2)cn1. The fourth-order valence-electron chi connectivity index (χ4n) is 1.43. The van der Waals surface area contributed by atoms with E-state index in [1.54, 1.807) is 18.5 Å². The van der Waals surface area contributed by atoms with E-state index in [-0.39, 0.29) is 11.6 Å². The monoisotopic (exact) mass is 281 g/mol. The quantitative estimate of drug-likeness (QED) is 0.914. The fourth-order valence-corrected chi connectivity index (χ4v) is 1.54. The maximum absolute atomic E-state index is 13.2. The third-order valence-electron chi connectivity index (χ3n) is 2.34. The zero-order valence-electron chi connectivity index (χ0n) is 10.4. The molecular formula is C13H13ClFN3O. The molecule has 4 nitrogen and oxygen atoms in total. The summed E-state index contributed by atoms with van der Waals surface area (Å²) in [6.07, 6.45) is 3.24. The largest absolute Gasteiger partial charge is 0.487 e. The summed E-state index contributed by atoms with van der Waals surface area (Å²) >= 11 is 5.59. The molecule has 0 unspecified atom stereocenters. The van der Waals surface area contributed by atoms with Crippen LogP contribution in [-0.4, -0.2) is 16.5 Å². The molecule has 0 aliphatic carbocycles. The molecule has 1 N–H and O–H groups in total. The minimum absolute atomic E-state index is 0.0714. The van der Waals surface area contributed by atoms with E-state index in [1.165, 1.54) is 12.1 Å². The molecule has 6 heteroatoms. The van der Waals surface area contributed by atoms with Crippen LogP contribution in [-0.2, 0) is 6.61 Å². The van der Waals surface area contributed by atoms with E-state index in [9.17, 15) is 4.39 Å². The standard InChI is InChI=1S/C13H13ClFN3O/c1-2-16-13-7-17-9(6-18-13)8-19-10-3-4-11(14)12(15)5-10/h3-7H,2,8H2,1H3,(H,16,18). The third kappa shape index (κ3) is 3.79. The van der Waals surface area contributed by atoms with Crippen LogP contribution in [0.5, 0.6) is 5.75 Å². The summed E-state index contributed by atoms with van der Waals surface area (Å²) in [5.74, 6) is 0.607. The first-order valence-corrected chi connectivity index (χ1v) is 6.19. The second kappa shape index (κ2) is 6.33. The van der Waals surface area contributed by atoms with Gasteiger partial charge in [-0.3, -0.25) is 4.98 Å². The average Bonchev–Trinajstić information content (AvgIpc) is 2.42. The van der Waals surface area contributed by atoms with E-state index in [0.29, 0.717) is 17.3 Å². The minimum Gasteiger partial charge on any atom is -0.487 e. The molecule has 0 spiro atoms. The van der Waals surface area contributed by atoms with Gasteiger partial charge in [0.2, 0.25) is 0 Å². The van der Waals surface area contributed by atoms with Crippen molar-refractivity contribution in [2.45, 2.75) is 13.5 Å². The smallest absolute Gasteiger partial charge is 0.145 e. The summed E-state index contributed by atoms with van der Waals surface area (Å²) in [7, 11) is 0. The molecule has 0 saturated heterocycles. The van der Waals surface area contributed by atoms with Crippen LogP contribution in [0.25, 0.3) is 0 Å². The van der Waals surface area contributed by atoms with Crippen molar-refractivity contribution < 1.29 is 9.13 Å².